The van der Waals surface area contributed by atoms with Crippen LogP contribution in [0, 0.1) is 20.8 Å². The Kier molecular flexibility index (Phi) is 6.08. The highest BCUT2D eigenvalue weighted by Crippen LogP contribution is 2.26. The Labute approximate surface area is 179 Å². The zero-order chi connectivity index (χ0) is 22.0. The molecule has 0 bridgehead atoms. The maximum absolute atomic E-state index is 11.8. The van der Waals surface area contributed by atoms with Gasteiger partial charge in [0.05, 0.1) is 28.9 Å². The van der Waals surface area contributed by atoms with Crippen LogP contribution < -0.4 is 0 Å². The molecule has 0 aliphatic rings. The molecule has 0 aliphatic heterocycles. The van der Waals surface area contributed by atoms with Crippen LogP contribution in [0.1, 0.15) is 43.2 Å². The second-order valence-corrected chi connectivity index (χ2v) is 7.29. The van der Waals surface area contributed by atoms with Crippen molar-refractivity contribution in [2.45, 2.75) is 20.8 Å². The summed E-state index contributed by atoms with van der Waals surface area (Å²) in [6.45, 7) is 5.78. The van der Waals surface area contributed by atoms with Crippen molar-refractivity contribution in [2.75, 3.05) is 7.11 Å². The number of carboxylic acids is 1. The van der Waals surface area contributed by atoms with Crippen molar-refractivity contribution < 1.29 is 19.4 Å². The van der Waals surface area contributed by atoms with E-state index < -0.39 is 11.9 Å². The van der Waals surface area contributed by atoms with Crippen LogP contribution in [0.15, 0.2) is 47.5 Å². The molecule has 0 saturated carbocycles. The Morgan fingerprint density at radius 3 is 2.50 bits per heavy atom. The number of rotatable bonds is 5. The van der Waals surface area contributed by atoms with Gasteiger partial charge >= 0.3 is 11.9 Å². The number of aromatic nitrogens is 1. The second-order valence-electron chi connectivity index (χ2n) is 6.88. The molecule has 0 aliphatic carbocycles. The van der Waals surface area contributed by atoms with Crippen LogP contribution in [0.25, 0.3) is 5.69 Å². The number of hydrogen-bond acceptors (Lipinski definition) is 4. The van der Waals surface area contributed by atoms with Crippen LogP contribution in [-0.2, 0) is 4.74 Å². The van der Waals surface area contributed by atoms with Gasteiger partial charge in [0, 0.05) is 28.9 Å². The number of nitrogens with zero attached hydrogens (tertiary/aromatic N) is 2. The van der Waals surface area contributed by atoms with Crippen molar-refractivity contribution in [1.29, 1.82) is 0 Å². The number of carbonyl (C=O) groups excluding carboxylic acids is 1. The van der Waals surface area contributed by atoms with Crippen LogP contribution in [0.3, 0.4) is 0 Å². The number of aromatic carboxylic acids is 1. The lowest BCUT2D eigenvalue weighted by molar-refractivity contribution is 0.0600. The molecule has 0 saturated heterocycles. The van der Waals surface area contributed by atoms with Crippen LogP contribution >= 0.6 is 11.6 Å². The topological polar surface area (TPSA) is 80.9 Å². The van der Waals surface area contributed by atoms with Crippen molar-refractivity contribution in [3.8, 4) is 5.69 Å². The minimum absolute atomic E-state index is 0.0483. The fourth-order valence-corrected chi connectivity index (χ4v) is 3.46. The quantitative estimate of drug-likeness (QED) is 0.445. The van der Waals surface area contributed by atoms with Crippen molar-refractivity contribution in [3.63, 3.8) is 0 Å². The van der Waals surface area contributed by atoms with Gasteiger partial charge in [0.15, 0.2) is 0 Å². The van der Waals surface area contributed by atoms with Crippen molar-refractivity contribution in [3.05, 3.63) is 81.1 Å². The first-order valence-corrected chi connectivity index (χ1v) is 9.56. The first-order chi connectivity index (χ1) is 14.2. The second kappa shape index (κ2) is 8.55. The molecule has 2 aromatic carbocycles. The Balaban J connectivity index is 2.00. The largest absolute Gasteiger partial charge is 0.478 e. The summed E-state index contributed by atoms with van der Waals surface area (Å²) in [6, 6.07) is 12.1. The average Bonchev–Trinajstić information content (AvgIpc) is 3.00. The molecule has 6 nitrogen and oxygen atoms in total. The molecule has 0 amide bonds. The number of benzene rings is 2. The minimum Gasteiger partial charge on any atom is -0.478 e. The summed E-state index contributed by atoms with van der Waals surface area (Å²) >= 11 is 6.00. The summed E-state index contributed by atoms with van der Waals surface area (Å²) in [4.78, 5) is 27.8. The highest BCUT2D eigenvalue weighted by atomic mass is 35.5. The Morgan fingerprint density at radius 1 is 1.10 bits per heavy atom. The molecule has 30 heavy (non-hydrogen) atoms. The molecule has 3 aromatic rings. The van der Waals surface area contributed by atoms with E-state index in [4.69, 9.17) is 16.3 Å². The van der Waals surface area contributed by atoms with Gasteiger partial charge in [0.25, 0.3) is 0 Å². The van der Waals surface area contributed by atoms with Gasteiger partial charge in [-0.1, -0.05) is 17.7 Å². The van der Waals surface area contributed by atoms with Gasteiger partial charge in [-0.05, 0) is 62.7 Å². The monoisotopic (exact) mass is 424 g/mol. The summed E-state index contributed by atoms with van der Waals surface area (Å²) < 4.78 is 6.72. The first-order valence-electron chi connectivity index (χ1n) is 9.18. The van der Waals surface area contributed by atoms with Crippen LogP contribution in [0.2, 0.25) is 5.02 Å². The smallest absolute Gasteiger partial charge is 0.337 e. The number of aryl methyl sites for hydroxylation is 2. The van der Waals surface area contributed by atoms with Crippen molar-refractivity contribution in [2.24, 2.45) is 4.99 Å². The molecular formula is C23H21ClN2O4. The predicted molar refractivity (Wildman–Crippen MR) is 117 cm³/mol. The zero-order valence-corrected chi connectivity index (χ0v) is 17.8. The van der Waals surface area contributed by atoms with Gasteiger partial charge in [0.2, 0.25) is 0 Å². The van der Waals surface area contributed by atoms with Gasteiger partial charge in [-0.2, -0.15) is 0 Å². The number of carbonyl (C=O) groups is 2. The minimum atomic E-state index is -1.08. The third kappa shape index (κ3) is 4.14. The molecule has 7 heteroatoms. The summed E-state index contributed by atoms with van der Waals surface area (Å²) in [5, 5.41) is 9.54. The molecule has 0 fully saturated rings. The van der Waals surface area contributed by atoms with E-state index in [1.54, 1.807) is 36.5 Å². The Morgan fingerprint density at radius 2 is 1.83 bits per heavy atom. The molecule has 1 N–H and O–H groups in total. The molecule has 154 valence electrons. The van der Waals surface area contributed by atoms with E-state index in [-0.39, 0.29) is 10.6 Å². The summed E-state index contributed by atoms with van der Waals surface area (Å²) in [5.41, 5.74) is 5.48. The highest BCUT2D eigenvalue weighted by Gasteiger charge is 2.14. The average molecular weight is 425 g/mol. The predicted octanol–water partition coefficient (Wildman–Crippen LogP) is 5.29. The SMILES string of the molecule is COC(=O)c1ccc(C)c(N=Cc2cc(C)n(-c3ccc(Cl)c(C(=O)O)c3)c2C)c1. The van der Waals surface area contributed by atoms with Crippen molar-refractivity contribution in [1.82, 2.24) is 4.57 Å². The lowest BCUT2D eigenvalue weighted by Gasteiger charge is -2.11. The summed E-state index contributed by atoms with van der Waals surface area (Å²) in [7, 11) is 1.34. The van der Waals surface area contributed by atoms with Gasteiger partial charge in [-0.25, -0.2) is 9.59 Å². The van der Waals surface area contributed by atoms with E-state index in [1.165, 1.54) is 7.11 Å². The molecule has 0 radical (unpaired) electrons. The van der Waals surface area contributed by atoms with E-state index >= 15 is 0 Å². The lowest BCUT2D eigenvalue weighted by atomic mass is 10.1. The van der Waals surface area contributed by atoms with Crippen molar-refractivity contribution >= 4 is 35.4 Å². The number of aliphatic imine (C=N–C) groups is 1. The summed E-state index contributed by atoms with van der Waals surface area (Å²) in [6.07, 6.45) is 1.73. The molecule has 0 unspecified atom stereocenters. The number of hydrogen-bond donors (Lipinski definition) is 1. The number of halogens is 1. The Hall–Kier alpha value is -3.38. The van der Waals surface area contributed by atoms with E-state index in [1.807, 2.05) is 37.5 Å². The Bertz CT molecular complexity index is 1180. The van der Waals surface area contributed by atoms with Crippen LogP contribution in [-0.4, -0.2) is 34.9 Å². The van der Waals surface area contributed by atoms with Gasteiger partial charge < -0.3 is 14.4 Å². The lowest BCUT2D eigenvalue weighted by Crippen LogP contribution is -2.04. The number of esters is 1. The maximum Gasteiger partial charge on any atom is 0.337 e. The number of methoxy groups -OCH3 is 1. The molecule has 0 atom stereocenters. The molecular weight excluding hydrogens is 404 g/mol. The van der Waals surface area contributed by atoms with Crippen LogP contribution in [0.5, 0.6) is 0 Å². The van der Waals surface area contributed by atoms with E-state index in [9.17, 15) is 14.7 Å². The van der Waals surface area contributed by atoms with Gasteiger partial charge in [-0.15, -0.1) is 0 Å². The fourth-order valence-electron chi connectivity index (χ4n) is 3.26. The number of carboxylic acid groups (broad SMARTS) is 1. The molecule has 3 rings (SSSR count). The van der Waals surface area contributed by atoms with Crippen LogP contribution in [0.4, 0.5) is 5.69 Å². The molecule has 1 aromatic heterocycles. The first kappa shape index (κ1) is 21.3. The van der Waals surface area contributed by atoms with E-state index in [0.717, 1.165) is 22.5 Å². The summed E-state index contributed by atoms with van der Waals surface area (Å²) in [5.74, 6) is -1.49. The van der Waals surface area contributed by atoms with E-state index in [0.29, 0.717) is 16.9 Å². The standard InChI is InChI=1S/C23H21ClN2O4/c1-13-5-6-16(23(29)30-4)10-21(13)25-12-17-9-14(2)26(15(17)3)18-7-8-20(24)19(11-18)22(27)28/h5-12H,1-4H3,(H,27,28). The van der Waals surface area contributed by atoms with Gasteiger partial charge in [-0.3, -0.25) is 4.99 Å². The molecule has 0 spiro atoms. The zero-order valence-electron chi connectivity index (χ0n) is 17.1. The highest BCUT2D eigenvalue weighted by molar-refractivity contribution is 6.33. The third-order valence-electron chi connectivity index (χ3n) is 4.88. The molecule has 1 heterocycles. The maximum atomic E-state index is 11.8. The normalized spacial score (nSPS) is 11.1. The number of ether oxygens (including phenoxy) is 1. The van der Waals surface area contributed by atoms with Gasteiger partial charge in [0.1, 0.15) is 0 Å². The third-order valence-corrected chi connectivity index (χ3v) is 5.21. The van der Waals surface area contributed by atoms with E-state index in [2.05, 4.69) is 4.99 Å². The fraction of sp³-hybridized carbons (Fsp3) is 0.174.